The second-order valence-electron chi connectivity index (χ2n) is 5.00. The first-order valence-electron chi connectivity index (χ1n) is 6.77. The van der Waals surface area contributed by atoms with Crippen molar-refractivity contribution in [3.05, 3.63) is 36.4 Å². The van der Waals surface area contributed by atoms with Gasteiger partial charge in [0.05, 0.1) is 4.90 Å². The molecule has 2 aromatic rings. The lowest BCUT2D eigenvalue weighted by molar-refractivity contribution is 0.582. The number of thiol groups is 1. The maximum absolute atomic E-state index is 12.5. The Labute approximate surface area is 131 Å². The summed E-state index contributed by atoms with van der Waals surface area (Å²) in [5.74, 6) is 0.656. The van der Waals surface area contributed by atoms with Crippen molar-refractivity contribution in [1.29, 1.82) is 0 Å². The molecule has 0 aliphatic carbocycles. The molecular formula is C15H20N2O2S2. The maximum Gasteiger partial charge on any atom is 0.241 e. The van der Waals surface area contributed by atoms with E-state index in [0.29, 0.717) is 23.6 Å². The highest BCUT2D eigenvalue weighted by Crippen LogP contribution is 2.29. The predicted molar refractivity (Wildman–Crippen MR) is 91.9 cm³/mol. The van der Waals surface area contributed by atoms with Crippen LogP contribution in [0.5, 0.6) is 0 Å². The zero-order chi connectivity index (χ0) is 15.5. The lowest BCUT2D eigenvalue weighted by Crippen LogP contribution is -2.25. The summed E-state index contributed by atoms with van der Waals surface area (Å²) in [5, 5.41) is 1.67. The molecule has 0 bridgehead atoms. The molecule has 0 spiro atoms. The van der Waals surface area contributed by atoms with Gasteiger partial charge in [0, 0.05) is 37.1 Å². The van der Waals surface area contributed by atoms with E-state index in [1.807, 2.05) is 43.3 Å². The van der Waals surface area contributed by atoms with E-state index in [0.717, 1.165) is 16.5 Å². The van der Waals surface area contributed by atoms with Gasteiger partial charge in [-0.1, -0.05) is 24.3 Å². The smallest absolute Gasteiger partial charge is 0.241 e. The number of hydrogen-bond acceptors (Lipinski definition) is 4. The quantitative estimate of drug-likeness (QED) is 0.634. The summed E-state index contributed by atoms with van der Waals surface area (Å²) in [6, 6.07) is 11.1. The summed E-state index contributed by atoms with van der Waals surface area (Å²) in [4.78, 5) is 2.30. The summed E-state index contributed by atoms with van der Waals surface area (Å²) >= 11 is 4.09. The molecule has 0 aliphatic heterocycles. The number of nitrogens with zero attached hydrogens (tertiary/aromatic N) is 1. The van der Waals surface area contributed by atoms with Gasteiger partial charge in [0.25, 0.3) is 0 Å². The molecule has 0 amide bonds. The average Bonchev–Trinajstić information content (AvgIpc) is 2.46. The third-order valence-electron chi connectivity index (χ3n) is 3.26. The Morgan fingerprint density at radius 3 is 2.43 bits per heavy atom. The summed E-state index contributed by atoms with van der Waals surface area (Å²) in [5.41, 5.74) is 1.000. The molecule has 0 saturated carbocycles. The highest BCUT2D eigenvalue weighted by atomic mass is 32.2. The van der Waals surface area contributed by atoms with Crippen LogP contribution in [0, 0.1) is 0 Å². The molecule has 21 heavy (non-hydrogen) atoms. The first kappa shape index (κ1) is 16.1. The van der Waals surface area contributed by atoms with Gasteiger partial charge in [0.15, 0.2) is 0 Å². The van der Waals surface area contributed by atoms with Crippen LogP contribution in [-0.2, 0) is 10.0 Å². The first-order chi connectivity index (χ1) is 9.97. The molecule has 114 valence electrons. The average molecular weight is 324 g/mol. The van der Waals surface area contributed by atoms with Gasteiger partial charge in [0.2, 0.25) is 10.0 Å². The van der Waals surface area contributed by atoms with E-state index in [1.165, 1.54) is 0 Å². The van der Waals surface area contributed by atoms with Gasteiger partial charge in [-0.05, 0) is 24.3 Å². The largest absolute Gasteiger partial charge is 0.377 e. The SMILES string of the molecule is CN(C)c1cccc2c(S(=O)(=O)NCCCS)cccc12. The van der Waals surface area contributed by atoms with Crippen LogP contribution in [0.3, 0.4) is 0 Å². The van der Waals surface area contributed by atoms with Crippen LogP contribution in [0.2, 0.25) is 0 Å². The monoisotopic (exact) mass is 324 g/mol. The Morgan fingerprint density at radius 1 is 1.10 bits per heavy atom. The van der Waals surface area contributed by atoms with Crippen molar-refractivity contribution in [2.24, 2.45) is 0 Å². The molecule has 0 heterocycles. The number of nitrogens with one attached hydrogen (secondary N) is 1. The highest BCUT2D eigenvalue weighted by Gasteiger charge is 2.17. The van der Waals surface area contributed by atoms with E-state index >= 15 is 0 Å². The van der Waals surface area contributed by atoms with Crippen LogP contribution in [0.15, 0.2) is 41.3 Å². The Balaban J connectivity index is 2.53. The van der Waals surface area contributed by atoms with E-state index in [-0.39, 0.29) is 0 Å². The van der Waals surface area contributed by atoms with E-state index in [2.05, 4.69) is 17.4 Å². The van der Waals surface area contributed by atoms with Crippen molar-refractivity contribution in [1.82, 2.24) is 4.72 Å². The Hall–Kier alpha value is -1.24. The van der Waals surface area contributed by atoms with Crippen molar-refractivity contribution in [3.63, 3.8) is 0 Å². The number of hydrogen-bond donors (Lipinski definition) is 2. The molecule has 6 heteroatoms. The molecule has 2 rings (SSSR count). The van der Waals surface area contributed by atoms with Gasteiger partial charge in [0.1, 0.15) is 0 Å². The van der Waals surface area contributed by atoms with Crippen LogP contribution in [-0.4, -0.2) is 34.8 Å². The van der Waals surface area contributed by atoms with Crippen LogP contribution in [0.25, 0.3) is 10.8 Å². The molecule has 0 saturated heterocycles. The van der Waals surface area contributed by atoms with Crippen LogP contribution in [0.1, 0.15) is 6.42 Å². The standard InChI is InChI=1S/C15H20N2O2S2/c1-17(2)14-8-3-7-13-12(14)6-4-9-15(13)21(18,19)16-10-5-11-20/h3-4,6-9,16,20H,5,10-11H2,1-2H3. The Morgan fingerprint density at radius 2 is 1.76 bits per heavy atom. The molecule has 2 aromatic carbocycles. The summed E-state index contributed by atoms with van der Waals surface area (Å²) in [7, 11) is 0.387. The summed E-state index contributed by atoms with van der Waals surface area (Å²) in [6.45, 7) is 0.398. The third-order valence-corrected chi connectivity index (χ3v) is 5.09. The predicted octanol–water partition coefficient (Wildman–Crippen LogP) is 2.50. The van der Waals surface area contributed by atoms with Gasteiger partial charge in [-0.2, -0.15) is 12.6 Å². The molecule has 4 nitrogen and oxygen atoms in total. The molecule has 1 N–H and O–H groups in total. The third kappa shape index (κ3) is 3.51. The first-order valence-corrected chi connectivity index (χ1v) is 8.88. The van der Waals surface area contributed by atoms with Gasteiger partial charge in [-0.3, -0.25) is 0 Å². The van der Waals surface area contributed by atoms with Crippen molar-refractivity contribution < 1.29 is 8.42 Å². The second-order valence-corrected chi connectivity index (χ2v) is 7.18. The van der Waals surface area contributed by atoms with Crippen LogP contribution >= 0.6 is 12.6 Å². The van der Waals surface area contributed by atoms with Gasteiger partial charge < -0.3 is 4.90 Å². The number of rotatable bonds is 6. The summed E-state index contributed by atoms with van der Waals surface area (Å²) in [6.07, 6.45) is 0.704. The van der Waals surface area contributed by atoms with Crippen molar-refractivity contribution in [2.45, 2.75) is 11.3 Å². The maximum atomic E-state index is 12.5. The van der Waals surface area contributed by atoms with E-state index in [4.69, 9.17) is 0 Å². The van der Waals surface area contributed by atoms with E-state index in [9.17, 15) is 8.42 Å². The zero-order valence-corrected chi connectivity index (χ0v) is 13.9. The minimum atomic E-state index is -3.50. The van der Waals surface area contributed by atoms with Gasteiger partial charge in [-0.15, -0.1) is 0 Å². The fraction of sp³-hybridized carbons (Fsp3) is 0.333. The van der Waals surface area contributed by atoms with E-state index in [1.54, 1.807) is 12.1 Å². The molecule has 0 aromatic heterocycles. The fourth-order valence-electron chi connectivity index (χ4n) is 2.25. The molecule has 0 atom stereocenters. The van der Waals surface area contributed by atoms with Crippen molar-refractivity contribution in [2.75, 3.05) is 31.3 Å². The van der Waals surface area contributed by atoms with Gasteiger partial charge in [-0.25, -0.2) is 13.1 Å². The highest BCUT2D eigenvalue weighted by molar-refractivity contribution is 7.89. The molecule has 0 aliphatic rings. The normalized spacial score (nSPS) is 11.8. The molecule has 0 unspecified atom stereocenters. The lowest BCUT2D eigenvalue weighted by Gasteiger charge is -2.17. The minimum Gasteiger partial charge on any atom is -0.377 e. The number of fused-ring (bicyclic) bond motifs is 1. The zero-order valence-electron chi connectivity index (χ0n) is 12.2. The Bertz CT molecular complexity index is 728. The van der Waals surface area contributed by atoms with Crippen molar-refractivity contribution in [3.8, 4) is 0 Å². The number of anilines is 1. The fourth-order valence-corrected chi connectivity index (χ4v) is 3.70. The van der Waals surface area contributed by atoms with Gasteiger partial charge >= 0.3 is 0 Å². The van der Waals surface area contributed by atoms with E-state index < -0.39 is 10.0 Å². The van der Waals surface area contributed by atoms with Crippen LogP contribution in [0.4, 0.5) is 5.69 Å². The Kier molecular flexibility index (Phi) is 5.13. The molecule has 0 radical (unpaired) electrons. The minimum absolute atomic E-state index is 0.322. The molecular weight excluding hydrogens is 304 g/mol. The second kappa shape index (κ2) is 6.68. The lowest BCUT2D eigenvalue weighted by atomic mass is 10.1. The van der Waals surface area contributed by atoms with Crippen molar-refractivity contribution >= 4 is 39.1 Å². The summed E-state index contributed by atoms with van der Waals surface area (Å²) < 4.78 is 27.5. The number of sulfonamides is 1. The number of benzene rings is 2. The molecule has 0 fully saturated rings. The topological polar surface area (TPSA) is 49.4 Å². The van der Waals surface area contributed by atoms with Crippen LogP contribution < -0.4 is 9.62 Å².